The fourth-order valence-corrected chi connectivity index (χ4v) is 5.06. The molecule has 2 N–H and O–H groups in total. The zero-order valence-electron chi connectivity index (χ0n) is 11.9. The minimum absolute atomic E-state index is 0.245. The molecule has 1 aliphatic heterocycles. The Morgan fingerprint density at radius 2 is 2.05 bits per heavy atom. The van der Waals surface area contributed by atoms with Crippen molar-refractivity contribution in [3.05, 3.63) is 47.6 Å². The summed E-state index contributed by atoms with van der Waals surface area (Å²) in [4.78, 5) is 4.54. The van der Waals surface area contributed by atoms with Gasteiger partial charge >= 0.3 is 0 Å². The molecule has 1 aliphatic rings. The smallest absolute Gasteiger partial charge is 0.243 e. The zero-order valence-corrected chi connectivity index (χ0v) is 13.6. The van der Waals surface area contributed by atoms with Crippen molar-refractivity contribution >= 4 is 23.5 Å². The van der Waals surface area contributed by atoms with E-state index in [-0.39, 0.29) is 6.04 Å². The lowest BCUT2D eigenvalue weighted by Crippen LogP contribution is -2.17. The molecule has 2 aromatic rings. The van der Waals surface area contributed by atoms with Crippen LogP contribution in [0.15, 0.2) is 34.9 Å². The Morgan fingerprint density at radius 1 is 1.29 bits per heavy atom. The van der Waals surface area contributed by atoms with Gasteiger partial charge in [-0.1, -0.05) is 42.4 Å². The minimum Gasteiger partial charge on any atom is -0.338 e. The second kappa shape index (κ2) is 6.85. The molecule has 1 saturated heterocycles. The van der Waals surface area contributed by atoms with Crippen molar-refractivity contribution in [2.24, 2.45) is 5.73 Å². The lowest BCUT2D eigenvalue weighted by Gasteiger charge is -2.24. The number of aromatic nitrogens is 2. The van der Waals surface area contributed by atoms with E-state index in [9.17, 15) is 0 Å². The Bertz CT molecular complexity index is 575. The lowest BCUT2D eigenvalue weighted by molar-refractivity contribution is 0.350. The Hall–Kier alpha value is -0.980. The number of hydrogen-bond donors (Lipinski definition) is 1. The van der Waals surface area contributed by atoms with Crippen molar-refractivity contribution in [3.63, 3.8) is 0 Å². The number of rotatable bonds is 4. The average Bonchev–Trinajstić information content (AvgIpc) is 2.98. The molecule has 0 saturated carbocycles. The van der Waals surface area contributed by atoms with Crippen LogP contribution in [0.2, 0.25) is 0 Å². The SMILES string of the molecule is CC1SCCSC1c1noc(C(N)Cc2ccccc2)n1. The van der Waals surface area contributed by atoms with E-state index < -0.39 is 0 Å². The van der Waals surface area contributed by atoms with Gasteiger partial charge < -0.3 is 10.3 Å². The first-order valence-electron chi connectivity index (χ1n) is 7.10. The minimum atomic E-state index is -0.245. The summed E-state index contributed by atoms with van der Waals surface area (Å²) in [6.45, 7) is 2.22. The third-order valence-electron chi connectivity index (χ3n) is 3.52. The van der Waals surface area contributed by atoms with Gasteiger partial charge in [-0.2, -0.15) is 16.7 Å². The molecular formula is C15H19N3OS2. The van der Waals surface area contributed by atoms with Crippen LogP contribution < -0.4 is 5.73 Å². The predicted octanol–water partition coefficient (Wildman–Crippen LogP) is 3.22. The van der Waals surface area contributed by atoms with E-state index in [1.165, 1.54) is 11.3 Å². The summed E-state index contributed by atoms with van der Waals surface area (Å²) in [6.07, 6.45) is 0.713. The normalized spacial score (nSPS) is 23.9. The molecule has 0 spiro atoms. The third-order valence-corrected chi connectivity index (χ3v) is 6.60. The average molecular weight is 321 g/mol. The van der Waals surface area contributed by atoms with Crippen LogP contribution >= 0.6 is 23.5 Å². The van der Waals surface area contributed by atoms with E-state index in [1.807, 2.05) is 41.7 Å². The topological polar surface area (TPSA) is 64.9 Å². The molecule has 4 nitrogen and oxygen atoms in total. The number of hydrogen-bond acceptors (Lipinski definition) is 6. The maximum atomic E-state index is 6.20. The van der Waals surface area contributed by atoms with Crippen molar-refractivity contribution in [2.75, 3.05) is 11.5 Å². The summed E-state index contributed by atoms with van der Waals surface area (Å²) < 4.78 is 5.39. The summed E-state index contributed by atoms with van der Waals surface area (Å²) in [7, 11) is 0. The molecule has 21 heavy (non-hydrogen) atoms. The van der Waals surface area contributed by atoms with Crippen molar-refractivity contribution in [3.8, 4) is 0 Å². The highest BCUT2D eigenvalue weighted by Crippen LogP contribution is 2.41. The standard InChI is InChI=1S/C15H19N3OS2/c1-10-13(21-8-7-20-10)14-17-15(19-18-14)12(16)9-11-5-3-2-4-6-11/h2-6,10,12-13H,7-9,16H2,1H3. The van der Waals surface area contributed by atoms with Crippen LogP contribution in [-0.4, -0.2) is 26.9 Å². The summed E-state index contributed by atoms with van der Waals surface area (Å²) in [5.74, 6) is 3.66. The quantitative estimate of drug-likeness (QED) is 0.933. The maximum Gasteiger partial charge on any atom is 0.243 e. The molecule has 1 aromatic heterocycles. The zero-order chi connectivity index (χ0) is 14.7. The maximum absolute atomic E-state index is 6.20. The molecule has 0 bridgehead atoms. The van der Waals surface area contributed by atoms with E-state index in [0.717, 1.165) is 11.6 Å². The van der Waals surface area contributed by atoms with Crippen LogP contribution in [0.1, 0.15) is 35.5 Å². The van der Waals surface area contributed by atoms with E-state index in [4.69, 9.17) is 10.3 Å². The molecule has 6 heteroatoms. The highest BCUT2D eigenvalue weighted by molar-refractivity contribution is 8.06. The van der Waals surface area contributed by atoms with Gasteiger partial charge in [0.2, 0.25) is 5.89 Å². The summed E-state index contributed by atoms with van der Waals surface area (Å²) in [5, 5.41) is 4.98. The molecule has 3 atom stereocenters. The van der Waals surface area contributed by atoms with Gasteiger partial charge in [0.1, 0.15) is 0 Å². The molecule has 112 valence electrons. The summed E-state index contributed by atoms with van der Waals surface area (Å²) in [5.41, 5.74) is 7.38. The summed E-state index contributed by atoms with van der Waals surface area (Å²) in [6, 6.07) is 9.90. The van der Waals surface area contributed by atoms with E-state index >= 15 is 0 Å². The highest BCUT2D eigenvalue weighted by Gasteiger charge is 2.29. The second-order valence-electron chi connectivity index (χ2n) is 5.15. The molecule has 1 aromatic carbocycles. The first-order valence-corrected chi connectivity index (χ1v) is 9.20. The first kappa shape index (κ1) is 14.9. The van der Waals surface area contributed by atoms with Gasteiger partial charge in [0.25, 0.3) is 0 Å². The fourth-order valence-electron chi connectivity index (χ4n) is 2.39. The molecular weight excluding hydrogens is 302 g/mol. The van der Waals surface area contributed by atoms with Crippen LogP contribution in [-0.2, 0) is 6.42 Å². The van der Waals surface area contributed by atoms with Gasteiger partial charge in [-0.3, -0.25) is 0 Å². The molecule has 0 amide bonds. The molecule has 0 radical (unpaired) electrons. The Morgan fingerprint density at radius 3 is 2.81 bits per heavy atom. The van der Waals surface area contributed by atoms with Crippen LogP contribution in [0.3, 0.4) is 0 Å². The second-order valence-corrected chi connectivity index (χ2v) is 7.89. The first-order chi connectivity index (χ1) is 10.2. The number of benzene rings is 1. The number of thioether (sulfide) groups is 2. The van der Waals surface area contributed by atoms with Crippen molar-refractivity contribution < 1.29 is 4.52 Å². The Kier molecular flexibility index (Phi) is 4.87. The van der Waals surface area contributed by atoms with Gasteiger partial charge in [-0.25, -0.2) is 0 Å². The van der Waals surface area contributed by atoms with E-state index in [1.54, 1.807) is 0 Å². The number of nitrogens with zero attached hydrogens (tertiary/aromatic N) is 2. The van der Waals surface area contributed by atoms with Crippen LogP contribution in [0, 0.1) is 0 Å². The molecule has 0 aliphatic carbocycles. The van der Waals surface area contributed by atoms with Gasteiger partial charge in [-0.15, -0.1) is 11.8 Å². The van der Waals surface area contributed by atoms with Crippen LogP contribution in [0.25, 0.3) is 0 Å². The van der Waals surface area contributed by atoms with Gasteiger partial charge in [0.15, 0.2) is 5.82 Å². The largest absolute Gasteiger partial charge is 0.338 e. The van der Waals surface area contributed by atoms with E-state index in [0.29, 0.717) is 22.8 Å². The Labute approximate surface area is 133 Å². The highest BCUT2D eigenvalue weighted by atomic mass is 32.2. The van der Waals surface area contributed by atoms with Gasteiger partial charge in [0, 0.05) is 16.8 Å². The predicted molar refractivity (Wildman–Crippen MR) is 88.5 cm³/mol. The lowest BCUT2D eigenvalue weighted by atomic mass is 10.1. The van der Waals surface area contributed by atoms with Crippen molar-refractivity contribution in [2.45, 2.75) is 29.9 Å². The van der Waals surface area contributed by atoms with Gasteiger partial charge in [-0.05, 0) is 12.0 Å². The van der Waals surface area contributed by atoms with E-state index in [2.05, 4.69) is 29.2 Å². The van der Waals surface area contributed by atoms with Crippen molar-refractivity contribution in [1.29, 1.82) is 0 Å². The Balaban J connectivity index is 1.69. The van der Waals surface area contributed by atoms with Crippen LogP contribution in [0.4, 0.5) is 0 Å². The third kappa shape index (κ3) is 3.62. The molecule has 1 fully saturated rings. The van der Waals surface area contributed by atoms with Crippen molar-refractivity contribution in [1.82, 2.24) is 10.1 Å². The molecule has 3 unspecified atom stereocenters. The monoisotopic (exact) mass is 321 g/mol. The molecule has 3 rings (SSSR count). The summed E-state index contributed by atoms with van der Waals surface area (Å²) >= 11 is 3.87. The number of nitrogens with two attached hydrogens (primary N) is 1. The van der Waals surface area contributed by atoms with Gasteiger partial charge in [0.05, 0.1) is 11.3 Å². The van der Waals surface area contributed by atoms with Crippen LogP contribution in [0.5, 0.6) is 0 Å². The fraction of sp³-hybridized carbons (Fsp3) is 0.467. The molecule has 2 heterocycles.